The second-order valence-corrected chi connectivity index (χ2v) is 3.88. The molecule has 18 heavy (non-hydrogen) atoms. The van der Waals surface area contributed by atoms with E-state index in [2.05, 4.69) is 0 Å². The number of carboxylic acids is 1. The first kappa shape index (κ1) is 13.8. The Morgan fingerprint density at radius 3 is 2.39 bits per heavy atom. The van der Waals surface area contributed by atoms with Gasteiger partial charge in [0.05, 0.1) is 5.92 Å². The first-order valence-corrected chi connectivity index (χ1v) is 5.37. The Morgan fingerprint density at radius 2 is 1.89 bits per heavy atom. The first-order valence-electron chi connectivity index (χ1n) is 5.37. The molecule has 0 fully saturated rings. The maximum absolute atomic E-state index is 11.1. The summed E-state index contributed by atoms with van der Waals surface area (Å²) in [4.78, 5) is 32.3. The molecule has 0 heterocycles. The Balaban J connectivity index is 2.61. The van der Waals surface area contributed by atoms with Crippen molar-refractivity contribution in [2.24, 2.45) is 5.92 Å². The van der Waals surface area contributed by atoms with Gasteiger partial charge in [-0.3, -0.25) is 4.79 Å². The standard InChI is InChI=1S/C13H13NO4/c14-11(6-9-4-2-1-3-5-9)7-10(8-15)12(16)13(17)18/h1-5,8,10,14H,6-7H2,(H,17,18). The van der Waals surface area contributed by atoms with Crippen LogP contribution in [0.15, 0.2) is 30.3 Å². The summed E-state index contributed by atoms with van der Waals surface area (Å²) < 4.78 is 0. The fraction of sp³-hybridized carbons (Fsp3) is 0.231. The van der Waals surface area contributed by atoms with E-state index in [0.717, 1.165) is 5.56 Å². The molecule has 0 aliphatic rings. The number of carbonyl (C=O) groups excluding carboxylic acids is 2. The largest absolute Gasteiger partial charge is 0.475 e. The van der Waals surface area contributed by atoms with Crippen molar-refractivity contribution in [3.05, 3.63) is 35.9 Å². The molecule has 0 radical (unpaired) electrons. The molecular formula is C13H13NO4. The normalized spacial score (nSPS) is 11.6. The maximum Gasteiger partial charge on any atom is 0.372 e. The molecule has 0 saturated carbocycles. The van der Waals surface area contributed by atoms with Gasteiger partial charge in [0.1, 0.15) is 6.29 Å². The lowest BCUT2D eigenvalue weighted by Gasteiger charge is -2.08. The zero-order valence-corrected chi connectivity index (χ0v) is 9.63. The molecule has 1 unspecified atom stereocenters. The molecule has 0 amide bonds. The quantitative estimate of drug-likeness (QED) is 0.326. The van der Waals surface area contributed by atoms with Gasteiger partial charge >= 0.3 is 5.97 Å². The Bertz CT molecular complexity index is 467. The number of hydrogen-bond donors (Lipinski definition) is 2. The van der Waals surface area contributed by atoms with Crippen molar-refractivity contribution >= 4 is 23.8 Å². The van der Waals surface area contributed by atoms with E-state index < -0.39 is 17.7 Å². The zero-order chi connectivity index (χ0) is 13.5. The van der Waals surface area contributed by atoms with Crippen LogP contribution in [0.25, 0.3) is 0 Å². The van der Waals surface area contributed by atoms with E-state index in [-0.39, 0.29) is 18.4 Å². The molecule has 94 valence electrons. The highest BCUT2D eigenvalue weighted by molar-refractivity contribution is 6.36. The van der Waals surface area contributed by atoms with E-state index in [1.54, 1.807) is 0 Å². The summed E-state index contributed by atoms with van der Waals surface area (Å²) in [5, 5.41) is 16.2. The van der Waals surface area contributed by atoms with E-state index in [1.165, 1.54) is 0 Å². The summed E-state index contributed by atoms with van der Waals surface area (Å²) >= 11 is 0. The van der Waals surface area contributed by atoms with Crippen LogP contribution in [0.2, 0.25) is 0 Å². The van der Waals surface area contributed by atoms with Crippen molar-refractivity contribution in [1.29, 1.82) is 5.41 Å². The van der Waals surface area contributed by atoms with Crippen LogP contribution in [0.3, 0.4) is 0 Å². The van der Waals surface area contributed by atoms with Gasteiger partial charge in [-0.15, -0.1) is 0 Å². The minimum Gasteiger partial charge on any atom is -0.475 e. The number of rotatable bonds is 7. The third-order valence-electron chi connectivity index (χ3n) is 2.44. The number of Topliss-reactive ketones (excluding diaryl/α,β-unsaturated/α-hetero) is 1. The third-order valence-corrected chi connectivity index (χ3v) is 2.44. The van der Waals surface area contributed by atoms with Gasteiger partial charge in [0.25, 0.3) is 0 Å². The second kappa shape index (κ2) is 6.44. The lowest BCUT2D eigenvalue weighted by Crippen LogP contribution is -2.27. The van der Waals surface area contributed by atoms with Gasteiger partial charge in [-0.1, -0.05) is 30.3 Å². The number of benzene rings is 1. The topological polar surface area (TPSA) is 95.3 Å². The molecule has 1 aromatic carbocycles. The molecule has 0 aromatic heterocycles. The minimum absolute atomic E-state index is 0.149. The number of nitrogens with one attached hydrogen (secondary N) is 1. The Hall–Kier alpha value is -2.30. The summed E-state index contributed by atoms with van der Waals surface area (Å²) in [7, 11) is 0. The van der Waals surface area contributed by atoms with Gasteiger partial charge in [-0.25, -0.2) is 4.79 Å². The molecular weight excluding hydrogens is 234 g/mol. The Labute approximate surface area is 104 Å². The minimum atomic E-state index is -1.64. The Kier molecular flexibility index (Phi) is 4.92. The lowest BCUT2D eigenvalue weighted by atomic mass is 9.95. The van der Waals surface area contributed by atoms with Gasteiger partial charge in [0, 0.05) is 18.6 Å². The molecule has 2 N–H and O–H groups in total. The molecule has 0 bridgehead atoms. The lowest BCUT2D eigenvalue weighted by molar-refractivity contribution is -0.151. The van der Waals surface area contributed by atoms with Crippen LogP contribution in [0.5, 0.6) is 0 Å². The molecule has 0 saturated heterocycles. The number of carbonyl (C=O) groups is 3. The second-order valence-electron chi connectivity index (χ2n) is 3.88. The van der Waals surface area contributed by atoms with Crippen molar-refractivity contribution in [3.63, 3.8) is 0 Å². The summed E-state index contributed by atoms with van der Waals surface area (Å²) in [6, 6.07) is 9.13. The van der Waals surface area contributed by atoms with E-state index in [9.17, 15) is 14.4 Å². The monoisotopic (exact) mass is 247 g/mol. The average molecular weight is 247 g/mol. The number of aldehydes is 1. The highest BCUT2D eigenvalue weighted by atomic mass is 16.4. The molecule has 5 heteroatoms. The van der Waals surface area contributed by atoms with Gasteiger partial charge in [0.15, 0.2) is 0 Å². The van der Waals surface area contributed by atoms with Gasteiger partial charge in [-0.2, -0.15) is 0 Å². The van der Waals surface area contributed by atoms with Crippen LogP contribution in [0.1, 0.15) is 12.0 Å². The highest BCUT2D eigenvalue weighted by Crippen LogP contribution is 2.08. The summed E-state index contributed by atoms with van der Waals surface area (Å²) in [5.74, 6) is -4.07. The molecule has 0 spiro atoms. The number of aliphatic carboxylic acids is 1. The van der Waals surface area contributed by atoms with E-state index in [0.29, 0.717) is 6.42 Å². The molecule has 1 rings (SSSR count). The highest BCUT2D eigenvalue weighted by Gasteiger charge is 2.25. The SMILES string of the molecule is N=C(Cc1ccccc1)CC(C=O)C(=O)C(=O)O. The zero-order valence-electron chi connectivity index (χ0n) is 9.63. The van der Waals surface area contributed by atoms with E-state index >= 15 is 0 Å². The molecule has 1 atom stereocenters. The molecule has 1 aromatic rings. The van der Waals surface area contributed by atoms with Crippen molar-refractivity contribution in [2.75, 3.05) is 0 Å². The van der Waals surface area contributed by atoms with Crippen molar-refractivity contribution in [1.82, 2.24) is 0 Å². The van der Waals surface area contributed by atoms with Gasteiger partial charge in [0.2, 0.25) is 5.78 Å². The summed E-state index contributed by atoms with van der Waals surface area (Å²) in [6.07, 6.45) is 0.442. The fourth-order valence-corrected chi connectivity index (χ4v) is 1.54. The smallest absolute Gasteiger partial charge is 0.372 e. The average Bonchev–Trinajstić information content (AvgIpc) is 2.36. The van der Waals surface area contributed by atoms with E-state index in [1.807, 2.05) is 30.3 Å². The first-order chi connectivity index (χ1) is 8.54. The van der Waals surface area contributed by atoms with Crippen LogP contribution >= 0.6 is 0 Å². The molecule has 0 aliphatic heterocycles. The maximum atomic E-state index is 11.1. The number of ketones is 1. The van der Waals surface area contributed by atoms with Crippen LogP contribution < -0.4 is 0 Å². The van der Waals surface area contributed by atoms with Crippen molar-refractivity contribution in [3.8, 4) is 0 Å². The van der Waals surface area contributed by atoms with Gasteiger partial charge < -0.3 is 15.3 Å². The number of hydrogen-bond acceptors (Lipinski definition) is 4. The Morgan fingerprint density at radius 1 is 1.28 bits per heavy atom. The third kappa shape index (κ3) is 3.93. The van der Waals surface area contributed by atoms with Crippen LogP contribution in [-0.4, -0.2) is 28.9 Å². The summed E-state index contributed by atoms with van der Waals surface area (Å²) in [6.45, 7) is 0. The predicted octanol–water partition coefficient (Wildman–Crippen LogP) is 1.11. The summed E-state index contributed by atoms with van der Waals surface area (Å²) in [5.41, 5.74) is 1.04. The van der Waals surface area contributed by atoms with Gasteiger partial charge in [-0.05, 0) is 5.56 Å². The van der Waals surface area contributed by atoms with Crippen LogP contribution in [0.4, 0.5) is 0 Å². The van der Waals surface area contributed by atoms with Crippen LogP contribution in [-0.2, 0) is 20.8 Å². The van der Waals surface area contributed by atoms with Crippen LogP contribution in [0, 0.1) is 11.3 Å². The predicted molar refractivity (Wildman–Crippen MR) is 64.7 cm³/mol. The van der Waals surface area contributed by atoms with Crippen molar-refractivity contribution in [2.45, 2.75) is 12.8 Å². The van der Waals surface area contributed by atoms with Crippen molar-refractivity contribution < 1.29 is 19.5 Å². The van der Waals surface area contributed by atoms with E-state index in [4.69, 9.17) is 10.5 Å². The number of carboxylic acid groups (broad SMARTS) is 1. The fourth-order valence-electron chi connectivity index (χ4n) is 1.54. The molecule has 0 aliphatic carbocycles. The molecule has 5 nitrogen and oxygen atoms in total.